The second-order valence-electron chi connectivity index (χ2n) is 8.58. The van der Waals surface area contributed by atoms with Crippen LogP contribution in [0.25, 0.3) is 10.9 Å². The minimum atomic E-state index is -4.49. The number of nitrogens with zero attached hydrogens (tertiary/aromatic N) is 3. The first-order chi connectivity index (χ1) is 15.2. The van der Waals surface area contributed by atoms with Crippen molar-refractivity contribution in [2.45, 2.75) is 44.2 Å². The van der Waals surface area contributed by atoms with Crippen LogP contribution in [0, 0.1) is 0 Å². The molecule has 3 heterocycles. The Morgan fingerprint density at radius 3 is 2.81 bits per heavy atom. The highest BCUT2D eigenvalue weighted by atomic mass is 19.4. The lowest BCUT2D eigenvalue weighted by molar-refractivity contribution is -0.136. The molecule has 32 heavy (non-hydrogen) atoms. The minimum Gasteiger partial charge on any atom is -0.378 e. The summed E-state index contributed by atoms with van der Waals surface area (Å²) in [7, 11) is 2.03. The van der Waals surface area contributed by atoms with Crippen LogP contribution in [0.2, 0.25) is 0 Å². The lowest BCUT2D eigenvalue weighted by atomic mass is 10.0. The van der Waals surface area contributed by atoms with Gasteiger partial charge < -0.3 is 14.4 Å². The van der Waals surface area contributed by atoms with Gasteiger partial charge in [-0.05, 0) is 44.7 Å². The fourth-order valence-corrected chi connectivity index (χ4v) is 4.50. The molecule has 2 aliphatic rings. The Hall–Kier alpha value is -2.23. The Balaban J connectivity index is 1.52. The predicted octanol–water partition coefficient (Wildman–Crippen LogP) is 3.53. The molecular weight excluding hydrogens is 423 g/mol. The third kappa shape index (κ3) is 4.89. The molecule has 3 atom stereocenters. The first-order valence-electron chi connectivity index (χ1n) is 10.9. The molecule has 0 bridgehead atoms. The number of carbonyl (C=O) groups is 1. The first kappa shape index (κ1) is 22.9. The van der Waals surface area contributed by atoms with Crippen molar-refractivity contribution in [3.05, 3.63) is 36.0 Å². The van der Waals surface area contributed by atoms with E-state index in [0.29, 0.717) is 50.2 Å². The van der Waals surface area contributed by atoms with E-state index in [1.807, 2.05) is 18.9 Å². The molecule has 4 rings (SSSR count). The lowest BCUT2D eigenvalue weighted by Gasteiger charge is -2.38. The van der Waals surface area contributed by atoms with Gasteiger partial charge in [-0.15, -0.1) is 0 Å². The van der Waals surface area contributed by atoms with E-state index in [9.17, 15) is 18.0 Å². The van der Waals surface area contributed by atoms with Crippen LogP contribution in [0.5, 0.6) is 0 Å². The van der Waals surface area contributed by atoms with Crippen molar-refractivity contribution in [3.63, 3.8) is 0 Å². The highest BCUT2D eigenvalue weighted by Crippen LogP contribution is 2.38. The number of hydrogen-bond donors (Lipinski definition) is 0. The van der Waals surface area contributed by atoms with Crippen LogP contribution < -0.4 is 4.90 Å². The second kappa shape index (κ2) is 9.33. The highest BCUT2D eigenvalue weighted by molar-refractivity contribution is 5.94. The number of morpholine rings is 2. The molecular formula is C23H28F3N3O3. The van der Waals surface area contributed by atoms with Gasteiger partial charge in [0.1, 0.15) is 6.10 Å². The summed E-state index contributed by atoms with van der Waals surface area (Å²) < 4.78 is 51.8. The summed E-state index contributed by atoms with van der Waals surface area (Å²) in [6, 6.07) is 6.01. The number of alkyl halides is 3. The second-order valence-corrected chi connectivity index (χ2v) is 8.58. The maximum absolute atomic E-state index is 13.5. The highest BCUT2D eigenvalue weighted by Gasteiger charge is 2.36. The minimum absolute atomic E-state index is 0.00913. The fraction of sp³-hybridized carbons (Fsp3) is 0.565. The molecule has 2 saturated heterocycles. The summed E-state index contributed by atoms with van der Waals surface area (Å²) in [5.74, 6) is 0.00913. The van der Waals surface area contributed by atoms with Crippen molar-refractivity contribution in [1.29, 1.82) is 0 Å². The fourth-order valence-electron chi connectivity index (χ4n) is 4.50. The zero-order chi connectivity index (χ0) is 22.9. The number of benzene rings is 1. The van der Waals surface area contributed by atoms with E-state index in [-0.39, 0.29) is 23.4 Å². The number of Topliss-reactive ketones (excluding diaryl/α,β-unsaturated/α-hetero) is 1. The summed E-state index contributed by atoms with van der Waals surface area (Å²) in [4.78, 5) is 21.1. The van der Waals surface area contributed by atoms with Crippen molar-refractivity contribution in [2.75, 3.05) is 44.8 Å². The van der Waals surface area contributed by atoms with Gasteiger partial charge in [-0.25, -0.2) is 0 Å². The van der Waals surface area contributed by atoms with Crippen LogP contribution in [0.4, 0.5) is 18.9 Å². The van der Waals surface area contributed by atoms with E-state index in [1.165, 1.54) is 12.3 Å². The molecule has 1 unspecified atom stereocenters. The molecule has 2 fully saturated rings. The molecule has 9 heteroatoms. The van der Waals surface area contributed by atoms with Crippen molar-refractivity contribution in [1.82, 2.24) is 9.88 Å². The summed E-state index contributed by atoms with van der Waals surface area (Å²) in [6.07, 6.45) is -2.91. The average Bonchev–Trinajstić information content (AvgIpc) is 2.76. The smallest absolute Gasteiger partial charge is 0.378 e. The van der Waals surface area contributed by atoms with Gasteiger partial charge in [-0.1, -0.05) is 0 Å². The number of pyridine rings is 1. The van der Waals surface area contributed by atoms with Crippen LogP contribution in [-0.2, 0) is 20.4 Å². The normalized spacial score (nSPS) is 25.3. The molecule has 0 saturated carbocycles. The molecule has 2 aromatic rings. The zero-order valence-corrected chi connectivity index (χ0v) is 18.3. The molecule has 0 N–H and O–H groups in total. The third-order valence-electron chi connectivity index (χ3n) is 6.26. The zero-order valence-electron chi connectivity index (χ0n) is 18.3. The van der Waals surface area contributed by atoms with Crippen molar-refractivity contribution < 1.29 is 27.4 Å². The number of ketones is 1. The number of hydrogen-bond acceptors (Lipinski definition) is 6. The van der Waals surface area contributed by atoms with Crippen LogP contribution >= 0.6 is 0 Å². The number of halogens is 3. The molecule has 174 valence electrons. The predicted molar refractivity (Wildman–Crippen MR) is 115 cm³/mol. The number of likely N-dealkylation sites (N-methyl/N-ethyl adjacent to an activating group) is 1. The Bertz CT molecular complexity index is 968. The van der Waals surface area contributed by atoms with E-state index in [0.717, 1.165) is 12.6 Å². The molecule has 0 spiro atoms. The Morgan fingerprint density at radius 1 is 1.25 bits per heavy atom. The summed E-state index contributed by atoms with van der Waals surface area (Å²) in [6.45, 7) is 4.82. The summed E-state index contributed by atoms with van der Waals surface area (Å²) in [5.41, 5.74) is -0.209. The molecule has 2 aliphatic heterocycles. The summed E-state index contributed by atoms with van der Waals surface area (Å²) >= 11 is 0. The number of rotatable bonds is 5. The van der Waals surface area contributed by atoms with Crippen LogP contribution in [0.1, 0.15) is 25.3 Å². The standard InChI is InChI=1S/C23H28F3N3O3/c1-15-12-29(13-21(32-15)20(30)8-5-16-14-31-11-10-28(16)2)19-7-6-18(23(24,25)26)22-17(19)4-3-9-27-22/h3-4,6-7,9,15-16,21H,5,8,10-14H2,1-2H3/t15-,16?,21-/m1/s1. The van der Waals surface area contributed by atoms with E-state index in [2.05, 4.69) is 9.88 Å². The number of anilines is 1. The van der Waals surface area contributed by atoms with Crippen molar-refractivity contribution in [3.8, 4) is 0 Å². The first-order valence-corrected chi connectivity index (χ1v) is 10.9. The van der Waals surface area contributed by atoms with E-state index >= 15 is 0 Å². The quantitative estimate of drug-likeness (QED) is 0.694. The van der Waals surface area contributed by atoms with Crippen molar-refractivity contribution >= 4 is 22.4 Å². The van der Waals surface area contributed by atoms with Gasteiger partial charge in [-0.3, -0.25) is 14.7 Å². The molecule has 0 radical (unpaired) electrons. The van der Waals surface area contributed by atoms with E-state index in [4.69, 9.17) is 9.47 Å². The van der Waals surface area contributed by atoms with Gasteiger partial charge >= 0.3 is 6.18 Å². The van der Waals surface area contributed by atoms with Crippen LogP contribution in [0.3, 0.4) is 0 Å². The topological polar surface area (TPSA) is 54.9 Å². The Labute approximate surface area is 185 Å². The lowest BCUT2D eigenvalue weighted by Crippen LogP contribution is -2.50. The number of carbonyl (C=O) groups excluding carboxylic acids is 1. The van der Waals surface area contributed by atoms with E-state index in [1.54, 1.807) is 12.1 Å². The van der Waals surface area contributed by atoms with Gasteiger partial charge in [0.25, 0.3) is 0 Å². The third-order valence-corrected chi connectivity index (χ3v) is 6.26. The summed E-state index contributed by atoms with van der Waals surface area (Å²) in [5, 5.41) is 0.420. The molecule has 0 aliphatic carbocycles. The van der Waals surface area contributed by atoms with Crippen molar-refractivity contribution in [2.24, 2.45) is 0 Å². The van der Waals surface area contributed by atoms with Gasteiger partial charge in [0.05, 0.1) is 36.9 Å². The molecule has 0 amide bonds. The number of ether oxygens (including phenoxy) is 2. The van der Waals surface area contributed by atoms with Gasteiger partial charge in [0.2, 0.25) is 0 Å². The van der Waals surface area contributed by atoms with Crippen LogP contribution in [0.15, 0.2) is 30.5 Å². The average molecular weight is 451 g/mol. The molecule has 1 aromatic carbocycles. The maximum atomic E-state index is 13.5. The molecule has 6 nitrogen and oxygen atoms in total. The van der Waals surface area contributed by atoms with Gasteiger partial charge in [-0.2, -0.15) is 13.2 Å². The van der Waals surface area contributed by atoms with E-state index < -0.39 is 17.8 Å². The van der Waals surface area contributed by atoms with Crippen LogP contribution in [-0.4, -0.2) is 73.8 Å². The number of aromatic nitrogens is 1. The number of fused-ring (bicyclic) bond motifs is 1. The Kier molecular flexibility index (Phi) is 6.69. The Morgan fingerprint density at radius 2 is 2.06 bits per heavy atom. The van der Waals surface area contributed by atoms with Gasteiger partial charge in [0.15, 0.2) is 5.78 Å². The van der Waals surface area contributed by atoms with Gasteiger partial charge in [0, 0.05) is 42.8 Å². The SMILES string of the molecule is C[C@@H]1CN(c2ccc(C(F)(F)F)c3ncccc23)C[C@H](C(=O)CCC2COCCN2C)O1. The maximum Gasteiger partial charge on any atom is 0.418 e. The monoisotopic (exact) mass is 451 g/mol. The molecule has 1 aromatic heterocycles. The largest absolute Gasteiger partial charge is 0.418 e.